The van der Waals surface area contributed by atoms with Gasteiger partial charge in [0.1, 0.15) is 5.75 Å². The minimum absolute atomic E-state index is 0.000145. The second-order valence-electron chi connectivity index (χ2n) is 5.77. The maximum atomic E-state index is 6.44. The monoisotopic (exact) mass is 283 g/mol. The van der Waals surface area contributed by atoms with Gasteiger partial charge in [-0.25, -0.2) is 0 Å². The lowest BCUT2D eigenvalue weighted by atomic mass is 9.93. The lowest BCUT2D eigenvalue weighted by Gasteiger charge is -2.19. The first-order valence-electron chi connectivity index (χ1n) is 7.48. The van der Waals surface area contributed by atoms with Crippen LogP contribution in [0.15, 0.2) is 36.4 Å². The summed E-state index contributed by atoms with van der Waals surface area (Å²) in [4.78, 5) is 0. The minimum atomic E-state index is 0.000145. The largest absolute Gasteiger partial charge is 0.496 e. The number of aryl methyl sites for hydroxylation is 4. The van der Waals surface area contributed by atoms with E-state index in [1.54, 1.807) is 7.11 Å². The lowest BCUT2D eigenvalue weighted by Crippen LogP contribution is -2.14. The van der Waals surface area contributed by atoms with Gasteiger partial charge in [0.25, 0.3) is 0 Å². The van der Waals surface area contributed by atoms with E-state index in [1.165, 1.54) is 22.3 Å². The molecular weight excluding hydrogens is 258 g/mol. The lowest BCUT2D eigenvalue weighted by molar-refractivity contribution is 0.403. The molecule has 0 aromatic heterocycles. The summed E-state index contributed by atoms with van der Waals surface area (Å²) >= 11 is 0. The summed E-state index contributed by atoms with van der Waals surface area (Å²) in [5, 5.41) is 0. The third-order valence-electron chi connectivity index (χ3n) is 4.07. The van der Waals surface area contributed by atoms with Gasteiger partial charge in [-0.3, -0.25) is 0 Å². The molecule has 0 aliphatic rings. The highest BCUT2D eigenvalue weighted by atomic mass is 16.5. The van der Waals surface area contributed by atoms with E-state index >= 15 is 0 Å². The van der Waals surface area contributed by atoms with E-state index in [2.05, 4.69) is 57.2 Å². The van der Waals surface area contributed by atoms with Crippen LogP contribution < -0.4 is 10.5 Å². The molecule has 112 valence electrons. The smallest absolute Gasteiger partial charge is 0.124 e. The van der Waals surface area contributed by atoms with Crippen LogP contribution in [-0.2, 0) is 6.42 Å². The van der Waals surface area contributed by atoms with Gasteiger partial charge in [0.2, 0.25) is 0 Å². The van der Waals surface area contributed by atoms with Crippen molar-refractivity contribution in [2.75, 3.05) is 7.11 Å². The molecule has 1 atom stereocenters. The highest BCUT2D eigenvalue weighted by Gasteiger charge is 2.15. The van der Waals surface area contributed by atoms with Gasteiger partial charge in [-0.05, 0) is 61.9 Å². The summed E-state index contributed by atoms with van der Waals surface area (Å²) in [6.45, 7) is 6.34. The Labute approximate surface area is 127 Å². The van der Waals surface area contributed by atoms with Gasteiger partial charge >= 0.3 is 0 Å². The molecule has 21 heavy (non-hydrogen) atoms. The molecule has 0 aliphatic heterocycles. The number of rotatable bonds is 5. The quantitative estimate of drug-likeness (QED) is 0.890. The van der Waals surface area contributed by atoms with Crippen LogP contribution in [0, 0.1) is 20.8 Å². The molecule has 2 nitrogen and oxygen atoms in total. The Bertz CT molecular complexity index is 619. The van der Waals surface area contributed by atoms with E-state index < -0.39 is 0 Å². The first kappa shape index (κ1) is 15.6. The van der Waals surface area contributed by atoms with E-state index in [-0.39, 0.29) is 6.04 Å². The molecular formula is C19H25NO. The average molecular weight is 283 g/mol. The molecule has 1 unspecified atom stereocenters. The fraction of sp³-hybridized carbons (Fsp3) is 0.368. The summed E-state index contributed by atoms with van der Waals surface area (Å²) in [7, 11) is 1.71. The summed E-state index contributed by atoms with van der Waals surface area (Å²) in [5.41, 5.74) is 12.7. The number of methoxy groups -OCH3 is 1. The van der Waals surface area contributed by atoms with Crippen molar-refractivity contribution in [2.45, 2.75) is 39.7 Å². The molecule has 2 rings (SSSR count). The minimum Gasteiger partial charge on any atom is -0.496 e. The topological polar surface area (TPSA) is 35.2 Å². The zero-order valence-electron chi connectivity index (χ0n) is 13.4. The van der Waals surface area contributed by atoms with Gasteiger partial charge in [-0.1, -0.05) is 30.3 Å². The van der Waals surface area contributed by atoms with Crippen LogP contribution in [0.1, 0.15) is 40.3 Å². The zero-order valence-corrected chi connectivity index (χ0v) is 13.4. The molecule has 0 saturated carbocycles. The maximum absolute atomic E-state index is 6.44. The van der Waals surface area contributed by atoms with Crippen LogP contribution in [-0.4, -0.2) is 7.11 Å². The van der Waals surface area contributed by atoms with Crippen molar-refractivity contribution in [3.63, 3.8) is 0 Å². The molecule has 0 saturated heterocycles. The van der Waals surface area contributed by atoms with Crippen molar-refractivity contribution in [1.82, 2.24) is 0 Å². The van der Waals surface area contributed by atoms with Crippen LogP contribution >= 0.6 is 0 Å². The van der Waals surface area contributed by atoms with Crippen molar-refractivity contribution in [3.8, 4) is 5.75 Å². The Morgan fingerprint density at radius 2 is 1.76 bits per heavy atom. The number of nitrogens with two attached hydrogens (primary N) is 1. The Balaban J connectivity index is 2.17. The predicted molar refractivity (Wildman–Crippen MR) is 88.9 cm³/mol. The highest BCUT2D eigenvalue weighted by molar-refractivity contribution is 5.45. The Kier molecular flexibility index (Phi) is 5.03. The van der Waals surface area contributed by atoms with Crippen LogP contribution in [0.25, 0.3) is 0 Å². The fourth-order valence-corrected chi connectivity index (χ4v) is 2.93. The third-order valence-corrected chi connectivity index (χ3v) is 4.07. The highest BCUT2D eigenvalue weighted by Crippen LogP contribution is 2.31. The van der Waals surface area contributed by atoms with Crippen LogP contribution in [0.4, 0.5) is 0 Å². The van der Waals surface area contributed by atoms with Gasteiger partial charge in [-0.15, -0.1) is 0 Å². The fourth-order valence-electron chi connectivity index (χ4n) is 2.93. The summed E-state index contributed by atoms with van der Waals surface area (Å²) in [5.74, 6) is 0.907. The number of ether oxygens (including phenoxy) is 1. The van der Waals surface area contributed by atoms with Crippen molar-refractivity contribution in [1.29, 1.82) is 0 Å². The first-order valence-corrected chi connectivity index (χ1v) is 7.48. The standard InChI is InChI=1S/C19H25NO/c1-13-11-15(3)19(18(12-13)21-4)17(20)10-9-16-8-6-5-7-14(16)2/h5-8,11-12,17H,9-10,20H2,1-4H3. The zero-order chi connectivity index (χ0) is 15.4. The van der Waals surface area contributed by atoms with Gasteiger partial charge in [-0.2, -0.15) is 0 Å². The Morgan fingerprint density at radius 1 is 1.05 bits per heavy atom. The van der Waals surface area contributed by atoms with Crippen molar-refractivity contribution >= 4 is 0 Å². The number of hydrogen-bond acceptors (Lipinski definition) is 2. The van der Waals surface area contributed by atoms with E-state index in [4.69, 9.17) is 10.5 Å². The van der Waals surface area contributed by atoms with E-state index in [0.29, 0.717) is 0 Å². The summed E-state index contributed by atoms with van der Waals surface area (Å²) < 4.78 is 5.52. The molecule has 0 fully saturated rings. The third kappa shape index (κ3) is 3.64. The molecule has 0 bridgehead atoms. The van der Waals surface area contributed by atoms with Crippen LogP contribution in [0.5, 0.6) is 5.75 Å². The molecule has 2 aromatic carbocycles. The normalized spacial score (nSPS) is 12.2. The number of benzene rings is 2. The molecule has 0 aliphatic carbocycles. The molecule has 2 heteroatoms. The Hall–Kier alpha value is -1.80. The molecule has 0 amide bonds. The predicted octanol–water partition coefficient (Wildman–Crippen LogP) is 4.25. The SMILES string of the molecule is COc1cc(C)cc(C)c1C(N)CCc1ccccc1C. The maximum Gasteiger partial charge on any atom is 0.124 e. The molecule has 0 spiro atoms. The van der Waals surface area contributed by atoms with Crippen molar-refractivity contribution < 1.29 is 4.74 Å². The second kappa shape index (κ2) is 6.77. The van der Waals surface area contributed by atoms with Crippen molar-refractivity contribution in [3.05, 3.63) is 64.2 Å². The molecule has 0 heterocycles. The van der Waals surface area contributed by atoms with Gasteiger partial charge in [0.15, 0.2) is 0 Å². The molecule has 2 aromatic rings. The van der Waals surface area contributed by atoms with Gasteiger partial charge in [0.05, 0.1) is 7.11 Å². The van der Waals surface area contributed by atoms with E-state index in [9.17, 15) is 0 Å². The van der Waals surface area contributed by atoms with Gasteiger partial charge < -0.3 is 10.5 Å². The summed E-state index contributed by atoms with van der Waals surface area (Å²) in [6, 6.07) is 12.7. The number of hydrogen-bond donors (Lipinski definition) is 1. The molecule has 2 N–H and O–H groups in total. The van der Waals surface area contributed by atoms with E-state index in [1.807, 2.05) is 0 Å². The molecule has 0 radical (unpaired) electrons. The van der Waals surface area contributed by atoms with E-state index in [0.717, 1.165) is 24.2 Å². The van der Waals surface area contributed by atoms with Gasteiger partial charge in [0, 0.05) is 11.6 Å². The van der Waals surface area contributed by atoms with Crippen LogP contribution in [0.3, 0.4) is 0 Å². The summed E-state index contributed by atoms with van der Waals surface area (Å²) in [6.07, 6.45) is 1.91. The Morgan fingerprint density at radius 3 is 2.43 bits per heavy atom. The average Bonchev–Trinajstić information content (AvgIpc) is 2.45. The van der Waals surface area contributed by atoms with Crippen LogP contribution in [0.2, 0.25) is 0 Å². The van der Waals surface area contributed by atoms with Crippen molar-refractivity contribution in [2.24, 2.45) is 5.73 Å². The second-order valence-corrected chi connectivity index (χ2v) is 5.77. The first-order chi connectivity index (χ1) is 10.0.